The Morgan fingerprint density at radius 3 is 3.00 bits per heavy atom. The van der Waals surface area contributed by atoms with Crippen LogP contribution >= 0.6 is 0 Å². The Morgan fingerprint density at radius 2 is 2.35 bits per heavy atom. The third-order valence-corrected chi connectivity index (χ3v) is 2.29. The highest BCUT2D eigenvalue weighted by Gasteiger charge is 2.06. The van der Waals surface area contributed by atoms with E-state index in [0.717, 1.165) is 11.1 Å². The summed E-state index contributed by atoms with van der Waals surface area (Å²) in [6.45, 7) is 2.24. The first-order valence-corrected chi connectivity index (χ1v) is 5.14. The summed E-state index contributed by atoms with van der Waals surface area (Å²) in [6.07, 6.45) is 1.44. The largest absolute Gasteiger partial charge is 0.347 e. The quantitative estimate of drug-likeness (QED) is 0.683. The number of rotatable bonds is 1. The number of nitrogens with zero attached hydrogens (tertiary/aromatic N) is 2. The Morgan fingerprint density at radius 1 is 1.53 bits per heavy atom. The second kappa shape index (κ2) is 4.68. The Hall–Kier alpha value is -2.32. The molecule has 1 heterocycles. The summed E-state index contributed by atoms with van der Waals surface area (Å²) in [5, 5.41) is 6.06. The first-order chi connectivity index (χ1) is 8.22. The van der Waals surface area contributed by atoms with Crippen LogP contribution in [-0.2, 0) is 0 Å². The number of nitrogens with two attached hydrogens (primary N) is 1. The number of nitrogens with one attached hydrogen (secondary N) is 1. The second-order valence-electron chi connectivity index (χ2n) is 3.56. The molecule has 0 bridgehead atoms. The summed E-state index contributed by atoms with van der Waals surface area (Å²) >= 11 is 0. The number of aromatic nitrogens is 3. The molecular weight excluding hydrogens is 216 g/mol. The second-order valence-corrected chi connectivity index (χ2v) is 3.56. The lowest BCUT2D eigenvalue weighted by atomic mass is 10.1. The van der Waals surface area contributed by atoms with Gasteiger partial charge in [-0.25, -0.2) is 14.5 Å². The Labute approximate surface area is 98.3 Å². The highest BCUT2D eigenvalue weighted by Crippen LogP contribution is 2.13. The molecule has 1 aromatic heterocycles. The summed E-state index contributed by atoms with van der Waals surface area (Å²) in [5.41, 5.74) is 7.57. The van der Waals surface area contributed by atoms with Crippen LogP contribution in [0.25, 0.3) is 5.69 Å². The highest BCUT2D eigenvalue weighted by molar-refractivity contribution is 5.52. The molecule has 0 aliphatic heterocycles. The maximum Gasteiger partial charge on any atom is 0.347 e. The minimum Gasteiger partial charge on any atom is -0.320 e. The van der Waals surface area contributed by atoms with E-state index in [2.05, 4.69) is 22.0 Å². The summed E-state index contributed by atoms with van der Waals surface area (Å²) in [7, 11) is 0. The molecule has 0 spiro atoms. The Balaban J connectivity index is 2.63. The molecule has 0 atom stereocenters. The van der Waals surface area contributed by atoms with Crippen molar-refractivity contribution in [3.8, 4) is 17.5 Å². The lowest BCUT2D eigenvalue weighted by Crippen LogP contribution is -2.15. The summed E-state index contributed by atoms with van der Waals surface area (Å²) in [5.74, 6) is 5.72. The minimum absolute atomic E-state index is 0.285. The van der Waals surface area contributed by atoms with Gasteiger partial charge in [0, 0.05) is 5.56 Å². The zero-order chi connectivity index (χ0) is 12.3. The molecule has 0 fully saturated rings. The maximum atomic E-state index is 11.5. The van der Waals surface area contributed by atoms with Crippen molar-refractivity contribution >= 4 is 0 Å². The van der Waals surface area contributed by atoms with Crippen molar-refractivity contribution in [2.45, 2.75) is 6.92 Å². The third-order valence-electron chi connectivity index (χ3n) is 2.29. The standard InChI is InChI=1S/C12H12N4O/c1-9-4-5-10(3-2-6-13)11(7-9)16-8-14-15-12(16)17/h4-5,7-8H,6,13H2,1H3,(H,15,17). The summed E-state index contributed by atoms with van der Waals surface area (Å²) < 4.78 is 1.42. The van der Waals surface area contributed by atoms with E-state index in [1.807, 2.05) is 25.1 Å². The van der Waals surface area contributed by atoms with E-state index >= 15 is 0 Å². The van der Waals surface area contributed by atoms with E-state index < -0.39 is 0 Å². The van der Waals surface area contributed by atoms with Gasteiger partial charge in [0.05, 0.1) is 12.2 Å². The van der Waals surface area contributed by atoms with Gasteiger partial charge in [0.1, 0.15) is 6.33 Å². The molecule has 0 saturated carbocycles. The van der Waals surface area contributed by atoms with Gasteiger partial charge in [-0.2, -0.15) is 5.10 Å². The Bertz CT molecular complexity index is 642. The molecular formula is C12H12N4O. The van der Waals surface area contributed by atoms with Gasteiger partial charge >= 0.3 is 5.69 Å². The molecule has 1 aromatic carbocycles. The van der Waals surface area contributed by atoms with Gasteiger partial charge in [0.2, 0.25) is 0 Å². The number of aromatic amines is 1. The van der Waals surface area contributed by atoms with Crippen molar-refractivity contribution in [1.29, 1.82) is 0 Å². The predicted octanol–water partition coefficient (Wildman–Crippen LogP) is 0.179. The topological polar surface area (TPSA) is 76.7 Å². The van der Waals surface area contributed by atoms with Crippen LogP contribution in [0.3, 0.4) is 0 Å². The molecule has 2 aromatic rings. The van der Waals surface area contributed by atoms with E-state index in [0.29, 0.717) is 5.69 Å². The molecule has 17 heavy (non-hydrogen) atoms. The van der Waals surface area contributed by atoms with Gasteiger partial charge in [-0.05, 0) is 24.6 Å². The van der Waals surface area contributed by atoms with Crippen LogP contribution in [0.5, 0.6) is 0 Å². The fraction of sp³-hybridized carbons (Fsp3) is 0.167. The average molecular weight is 228 g/mol. The number of hydrogen-bond acceptors (Lipinski definition) is 3. The SMILES string of the molecule is Cc1ccc(C#CCN)c(-n2cn[nH]c2=O)c1. The number of H-pyrrole nitrogens is 1. The van der Waals surface area contributed by atoms with Crippen LogP contribution < -0.4 is 11.4 Å². The predicted molar refractivity (Wildman–Crippen MR) is 64.9 cm³/mol. The first-order valence-electron chi connectivity index (χ1n) is 5.14. The molecule has 0 radical (unpaired) electrons. The zero-order valence-electron chi connectivity index (χ0n) is 9.40. The zero-order valence-corrected chi connectivity index (χ0v) is 9.40. The fourth-order valence-corrected chi connectivity index (χ4v) is 1.51. The molecule has 0 amide bonds. The lowest BCUT2D eigenvalue weighted by molar-refractivity contribution is 0.977. The number of hydrogen-bond donors (Lipinski definition) is 2. The number of benzene rings is 1. The molecule has 0 unspecified atom stereocenters. The van der Waals surface area contributed by atoms with Gasteiger partial charge < -0.3 is 5.73 Å². The third kappa shape index (κ3) is 2.27. The highest BCUT2D eigenvalue weighted by atomic mass is 16.1. The van der Waals surface area contributed by atoms with Crippen molar-refractivity contribution in [3.05, 3.63) is 46.1 Å². The fourth-order valence-electron chi connectivity index (χ4n) is 1.51. The van der Waals surface area contributed by atoms with E-state index in [4.69, 9.17) is 5.73 Å². The smallest absolute Gasteiger partial charge is 0.320 e. The molecule has 86 valence electrons. The molecule has 5 nitrogen and oxygen atoms in total. The van der Waals surface area contributed by atoms with Gasteiger partial charge in [-0.15, -0.1) is 0 Å². The van der Waals surface area contributed by atoms with E-state index in [-0.39, 0.29) is 12.2 Å². The van der Waals surface area contributed by atoms with Crippen molar-refractivity contribution in [2.75, 3.05) is 6.54 Å². The first kappa shape index (κ1) is 11.2. The van der Waals surface area contributed by atoms with Gasteiger partial charge in [-0.3, -0.25) is 0 Å². The van der Waals surface area contributed by atoms with E-state index in [1.54, 1.807) is 0 Å². The van der Waals surface area contributed by atoms with Crippen LogP contribution in [0.4, 0.5) is 0 Å². The number of aryl methyl sites for hydroxylation is 1. The van der Waals surface area contributed by atoms with Crippen molar-refractivity contribution in [1.82, 2.24) is 14.8 Å². The van der Waals surface area contributed by atoms with Crippen LogP contribution in [0.15, 0.2) is 29.3 Å². The van der Waals surface area contributed by atoms with Crippen molar-refractivity contribution in [2.24, 2.45) is 5.73 Å². The van der Waals surface area contributed by atoms with Gasteiger partial charge in [-0.1, -0.05) is 17.9 Å². The summed E-state index contributed by atoms with van der Waals surface area (Å²) in [6, 6.07) is 5.69. The molecule has 2 rings (SSSR count). The Kier molecular flexibility index (Phi) is 3.08. The molecule has 0 aliphatic rings. The van der Waals surface area contributed by atoms with Crippen molar-refractivity contribution in [3.63, 3.8) is 0 Å². The maximum absolute atomic E-state index is 11.5. The van der Waals surface area contributed by atoms with Gasteiger partial charge in [0.15, 0.2) is 0 Å². The summed E-state index contributed by atoms with van der Waals surface area (Å²) in [4.78, 5) is 11.5. The van der Waals surface area contributed by atoms with E-state index in [1.165, 1.54) is 10.9 Å². The monoisotopic (exact) mass is 228 g/mol. The minimum atomic E-state index is -0.286. The average Bonchev–Trinajstić information content (AvgIpc) is 2.74. The van der Waals surface area contributed by atoms with Crippen LogP contribution in [-0.4, -0.2) is 21.3 Å². The van der Waals surface area contributed by atoms with Crippen LogP contribution in [0, 0.1) is 18.8 Å². The molecule has 0 aliphatic carbocycles. The molecule has 3 N–H and O–H groups in total. The normalized spacial score (nSPS) is 9.76. The van der Waals surface area contributed by atoms with E-state index in [9.17, 15) is 4.79 Å². The lowest BCUT2D eigenvalue weighted by Gasteiger charge is -2.05. The van der Waals surface area contributed by atoms with Crippen LogP contribution in [0.2, 0.25) is 0 Å². The molecule has 5 heteroatoms. The molecule has 0 saturated heterocycles. The van der Waals surface area contributed by atoms with Crippen LogP contribution in [0.1, 0.15) is 11.1 Å². The van der Waals surface area contributed by atoms with Crippen molar-refractivity contribution < 1.29 is 0 Å². The van der Waals surface area contributed by atoms with Gasteiger partial charge in [0.25, 0.3) is 0 Å².